The zero-order valence-electron chi connectivity index (χ0n) is 16.2. The monoisotopic (exact) mass is 372 g/mol. The number of nitrogens with zero attached hydrogens (tertiary/aromatic N) is 3. The lowest BCUT2D eigenvalue weighted by Gasteiger charge is -2.14. The zero-order chi connectivity index (χ0) is 19.7. The summed E-state index contributed by atoms with van der Waals surface area (Å²) in [5, 5.41) is 3.68. The molecule has 2 aromatic heterocycles. The molecule has 0 aliphatic rings. The standard InChI is InChI=1S/C19H24N4O4/c1-6-11(2)20-18(25)10-22-14-9-16(27-5)15(26-4)8-13(14)19-21-17(24)7-12(3)23(19)22/h7-9,11H,6,10H2,1-5H3,(H,20,25)/t11-/m0/s1. The lowest BCUT2D eigenvalue weighted by Crippen LogP contribution is -2.35. The Morgan fingerprint density at radius 3 is 2.52 bits per heavy atom. The van der Waals surface area contributed by atoms with Crippen molar-refractivity contribution >= 4 is 22.5 Å². The van der Waals surface area contributed by atoms with Crippen LogP contribution in [0.5, 0.6) is 11.5 Å². The molecule has 144 valence electrons. The first-order valence-electron chi connectivity index (χ1n) is 8.83. The van der Waals surface area contributed by atoms with Crippen molar-refractivity contribution in [2.45, 2.75) is 39.8 Å². The molecule has 0 bridgehead atoms. The highest BCUT2D eigenvalue weighted by Crippen LogP contribution is 2.34. The van der Waals surface area contributed by atoms with E-state index >= 15 is 0 Å². The number of hydrogen-bond acceptors (Lipinski definition) is 5. The number of rotatable bonds is 6. The summed E-state index contributed by atoms with van der Waals surface area (Å²) in [5.74, 6) is 0.956. The van der Waals surface area contributed by atoms with Gasteiger partial charge in [0, 0.05) is 29.3 Å². The second kappa shape index (κ2) is 7.30. The normalized spacial score (nSPS) is 12.3. The van der Waals surface area contributed by atoms with Gasteiger partial charge in [0.25, 0.3) is 5.56 Å². The number of carbonyl (C=O) groups excluding carboxylic acids is 1. The lowest BCUT2D eigenvalue weighted by molar-refractivity contribution is -0.122. The average Bonchev–Trinajstić information content (AvgIpc) is 2.93. The second-order valence-corrected chi connectivity index (χ2v) is 6.53. The van der Waals surface area contributed by atoms with E-state index < -0.39 is 0 Å². The highest BCUT2D eigenvalue weighted by molar-refractivity contribution is 5.96. The number of aryl methyl sites for hydroxylation is 1. The third-order valence-corrected chi connectivity index (χ3v) is 4.66. The summed E-state index contributed by atoms with van der Waals surface area (Å²) < 4.78 is 14.4. The van der Waals surface area contributed by atoms with Crippen LogP contribution in [0.25, 0.3) is 16.6 Å². The molecule has 1 atom stereocenters. The van der Waals surface area contributed by atoms with Crippen molar-refractivity contribution in [2.24, 2.45) is 0 Å². The van der Waals surface area contributed by atoms with Crippen molar-refractivity contribution in [1.29, 1.82) is 0 Å². The van der Waals surface area contributed by atoms with Gasteiger partial charge >= 0.3 is 0 Å². The molecule has 1 aromatic carbocycles. The molecule has 1 N–H and O–H groups in total. The van der Waals surface area contributed by atoms with Crippen LogP contribution in [0.3, 0.4) is 0 Å². The fourth-order valence-corrected chi connectivity index (χ4v) is 3.15. The minimum absolute atomic E-state index is 0.0812. The van der Waals surface area contributed by atoms with Crippen molar-refractivity contribution in [1.82, 2.24) is 19.5 Å². The van der Waals surface area contributed by atoms with E-state index in [-0.39, 0.29) is 24.1 Å². The Bertz CT molecular complexity index is 1070. The molecular weight excluding hydrogens is 348 g/mol. The number of methoxy groups -OCH3 is 2. The Morgan fingerprint density at radius 1 is 1.22 bits per heavy atom. The molecule has 3 aromatic rings. The third kappa shape index (κ3) is 3.34. The van der Waals surface area contributed by atoms with E-state index in [9.17, 15) is 9.59 Å². The second-order valence-electron chi connectivity index (χ2n) is 6.53. The van der Waals surface area contributed by atoms with Crippen LogP contribution in [0, 0.1) is 6.92 Å². The van der Waals surface area contributed by atoms with Crippen molar-refractivity contribution < 1.29 is 14.3 Å². The van der Waals surface area contributed by atoms with Gasteiger partial charge in [-0.05, 0) is 26.3 Å². The van der Waals surface area contributed by atoms with Gasteiger partial charge in [-0.2, -0.15) is 4.98 Å². The van der Waals surface area contributed by atoms with Crippen LogP contribution < -0.4 is 20.3 Å². The molecule has 0 saturated heterocycles. The van der Waals surface area contributed by atoms with Crippen LogP contribution in [0.4, 0.5) is 0 Å². The summed E-state index contributed by atoms with van der Waals surface area (Å²) in [6.45, 7) is 5.88. The average molecular weight is 372 g/mol. The fourth-order valence-electron chi connectivity index (χ4n) is 3.15. The number of carbonyl (C=O) groups is 1. The predicted molar refractivity (Wildman–Crippen MR) is 103 cm³/mol. The summed E-state index contributed by atoms with van der Waals surface area (Å²) in [4.78, 5) is 28.7. The maximum atomic E-state index is 12.5. The van der Waals surface area contributed by atoms with E-state index in [0.29, 0.717) is 28.2 Å². The Balaban J connectivity index is 2.28. The zero-order valence-corrected chi connectivity index (χ0v) is 16.2. The number of amides is 1. The summed E-state index contributed by atoms with van der Waals surface area (Å²) in [5.41, 5.74) is 1.57. The molecule has 0 radical (unpaired) electrons. The van der Waals surface area contributed by atoms with Gasteiger partial charge in [0.2, 0.25) is 5.91 Å². The maximum absolute atomic E-state index is 12.5. The number of nitrogens with one attached hydrogen (secondary N) is 1. The molecule has 0 unspecified atom stereocenters. The van der Waals surface area contributed by atoms with Gasteiger partial charge in [-0.3, -0.25) is 14.3 Å². The number of aromatic nitrogens is 3. The Morgan fingerprint density at radius 2 is 1.89 bits per heavy atom. The highest BCUT2D eigenvalue weighted by Gasteiger charge is 2.19. The molecule has 0 saturated carbocycles. The largest absolute Gasteiger partial charge is 0.493 e. The van der Waals surface area contributed by atoms with Gasteiger partial charge in [-0.1, -0.05) is 6.92 Å². The van der Waals surface area contributed by atoms with E-state index in [4.69, 9.17) is 9.47 Å². The van der Waals surface area contributed by atoms with Gasteiger partial charge in [-0.15, -0.1) is 0 Å². The van der Waals surface area contributed by atoms with Crippen molar-refractivity contribution in [3.05, 3.63) is 34.2 Å². The van der Waals surface area contributed by atoms with Crippen molar-refractivity contribution in [2.75, 3.05) is 14.2 Å². The molecule has 8 heteroatoms. The van der Waals surface area contributed by atoms with Crippen LogP contribution >= 0.6 is 0 Å². The topological polar surface area (TPSA) is 86.9 Å². The van der Waals surface area contributed by atoms with E-state index in [1.54, 1.807) is 35.5 Å². The summed E-state index contributed by atoms with van der Waals surface area (Å²) >= 11 is 0. The van der Waals surface area contributed by atoms with Crippen LogP contribution in [-0.2, 0) is 11.3 Å². The van der Waals surface area contributed by atoms with E-state index in [0.717, 1.165) is 11.9 Å². The van der Waals surface area contributed by atoms with Crippen molar-refractivity contribution in [3.63, 3.8) is 0 Å². The lowest BCUT2D eigenvalue weighted by atomic mass is 10.2. The van der Waals surface area contributed by atoms with Crippen LogP contribution in [0.2, 0.25) is 0 Å². The molecule has 0 aliphatic carbocycles. The number of hydrogen-bond donors (Lipinski definition) is 1. The maximum Gasteiger partial charge on any atom is 0.273 e. The first kappa shape index (κ1) is 18.8. The molecule has 0 aliphatic heterocycles. The molecule has 1 amide bonds. The predicted octanol–water partition coefficient (Wildman–Crippen LogP) is 1.89. The molecule has 27 heavy (non-hydrogen) atoms. The van der Waals surface area contributed by atoms with Crippen LogP contribution in [0.15, 0.2) is 23.0 Å². The van der Waals surface area contributed by atoms with E-state index in [1.165, 1.54) is 6.07 Å². The van der Waals surface area contributed by atoms with Gasteiger partial charge in [0.1, 0.15) is 6.54 Å². The summed E-state index contributed by atoms with van der Waals surface area (Å²) in [6.07, 6.45) is 0.844. The van der Waals surface area contributed by atoms with Gasteiger partial charge in [0.15, 0.2) is 17.1 Å². The molecular formula is C19H24N4O4. The van der Waals surface area contributed by atoms with Crippen molar-refractivity contribution in [3.8, 4) is 11.5 Å². The minimum Gasteiger partial charge on any atom is -0.493 e. The number of fused-ring (bicyclic) bond motifs is 3. The highest BCUT2D eigenvalue weighted by atomic mass is 16.5. The summed E-state index contributed by atoms with van der Waals surface area (Å²) in [6, 6.07) is 5.10. The quantitative estimate of drug-likeness (QED) is 0.714. The summed E-state index contributed by atoms with van der Waals surface area (Å²) in [7, 11) is 3.10. The number of benzene rings is 1. The fraction of sp³-hybridized carbons (Fsp3) is 0.421. The van der Waals surface area contributed by atoms with E-state index in [1.807, 2.05) is 20.8 Å². The molecule has 3 rings (SSSR count). The number of ether oxygens (including phenoxy) is 2. The Hall–Kier alpha value is -3.03. The Labute approximate surface area is 156 Å². The van der Waals surface area contributed by atoms with E-state index in [2.05, 4.69) is 10.3 Å². The molecule has 0 spiro atoms. The molecule has 2 heterocycles. The first-order chi connectivity index (χ1) is 12.9. The Kier molecular flexibility index (Phi) is 5.07. The minimum atomic E-state index is -0.328. The third-order valence-electron chi connectivity index (χ3n) is 4.66. The first-order valence-corrected chi connectivity index (χ1v) is 8.83. The molecule has 0 fully saturated rings. The van der Waals surface area contributed by atoms with Crippen LogP contribution in [0.1, 0.15) is 26.0 Å². The van der Waals surface area contributed by atoms with Gasteiger partial charge in [-0.25, -0.2) is 4.52 Å². The van der Waals surface area contributed by atoms with Crippen LogP contribution in [-0.4, -0.2) is 40.3 Å². The smallest absolute Gasteiger partial charge is 0.273 e. The SMILES string of the molecule is CC[C@H](C)NC(=O)Cn1c2cc(OC)c(OC)cc2c2nc(=O)cc(C)n21. The van der Waals surface area contributed by atoms with Gasteiger partial charge < -0.3 is 14.8 Å². The van der Waals surface area contributed by atoms with Gasteiger partial charge in [0.05, 0.1) is 19.7 Å². The molecule has 8 nitrogen and oxygen atoms in total.